The molecule has 2 aliphatic rings. The molecule has 0 saturated carbocycles. The van der Waals surface area contributed by atoms with E-state index in [0.717, 1.165) is 39.7 Å². The first kappa shape index (κ1) is 32.6. The second-order valence-electron chi connectivity index (χ2n) is 15.5. The van der Waals surface area contributed by atoms with Crippen LogP contribution in [0.3, 0.4) is 0 Å². The van der Waals surface area contributed by atoms with Gasteiger partial charge >= 0.3 is 0 Å². The molecule has 8 rings (SSSR count). The summed E-state index contributed by atoms with van der Waals surface area (Å²) in [4.78, 5) is 9.51. The van der Waals surface area contributed by atoms with Gasteiger partial charge in [0.15, 0.2) is 0 Å². The fourth-order valence-electron chi connectivity index (χ4n) is 8.14. The Bertz CT molecular complexity index is 2450. The zero-order valence-electron chi connectivity index (χ0n) is 31.2. The number of fused-ring (bicyclic) bond motifs is 4. The van der Waals surface area contributed by atoms with E-state index in [1.165, 1.54) is 55.2 Å². The molecule has 0 bridgehead atoms. The Morgan fingerprint density at radius 3 is 2.20 bits per heavy atom. The first-order chi connectivity index (χ1) is 24.4. The number of rotatable bonds is 5. The lowest BCUT2D eigenvalue weighted by Gasteiger charge is -2.29. The van der Waals surface area contributed by atoms with Gasteiger partial charge in [-0.2, -0.15) is 0 Å². The van der Waals surface area contributed by atoms with Crippen molar-refractivity contribution < 1.29 is 4.74 Å². The van der Waals surface area contributed by atoms with Crippen molar-refractivity contribution in [2.75, 3.05) is 7.05 Å². The van der Waals surface area contributed by atoms with Crippen molar-refractivity contribution in [3.63, 3.8) is 0 Å². The third-order valence-corrected chi connectivity index (χ3v) is 10.4. The Morgan fingerprint density at radius 1 is 0.706 bits per heavy atom. The molecule has 0 amide bonds. The van der Waals surface area contributed by atoms with Crippen LogP contribution in [-0.2, 0) is 5.41 Å². The number of hydrogen-bond donors (Lipinski definition) is 0. The molecule has 4 heterocycles. The third-order valence-electron chi connectivity index (χ3n) is 10.4. The van der Waals surface area contributed by atoms with Crippen LogP contribution in [0.1, 0.15) is 59.7 Å². The topological polar surface area (TPSA) is 33.5 Å². The molecular weight excluding hydrogens is 625 g/mol. The first-order valence-corrected chi connectivity index (χ1v) is 17.9. The molecule has 51 heavy (non-hydrogen) atoms. The molecule has 0 fully saturated rings. The Morgan fingerprint density at radius 2 is 1.43 bits per heavy atom. The van der Waals surface area contributed by atoms with Crippen LogP contribution in [-0.4, -0.2) is 32.6 Å². The number of likely N-dealkylation sites (N-methyl/N-ethyl adjacent to an activating group) is 1. The van der Waals surface area contributed by atoms with Gasteiger partial charge in [0.2, 0.25) is 0 Å². The number of aryl methyl sites for hydroxylation is 5. The molecule has 0 saturated heterocycles. The lowest BCUT2D eigenvalue weighted by molar-refractivity contribution is 0.282. The van der Waals surface area contributed by atoms with E-state index in [2.05, 4.69) is 180 Å². The number of hydrogen-bond acceptors (Lipinski definition) is 4. The van der Waals surface area contributed by atoms with E-state index in [4.69, 9.17) is 9.72 Å². The molecule has 0 aliphatic carbocycles. The van der Waals surface area contributed by atoms with Crippen molar-refractivity contribution in [1.82, 2.24) is 19.4 Å². The van der Waals surface area contributed by atoms with Gasteiger partial charge in [-0.25, -0.2) is 4.98 Å². The zero-order chi connectivity index (χ0) is 35.8. The quantitative estimate of drug-likeness (QED) is 0.183. The summed E-state index contributed by atoms with van der Waals surface area (Å²) in [7, 11) is 2.13. The average Bonchev–Trinajstić information content (AvgIpc) is 3.58. The highest BCUT2D eigenvalue weighted by atomic mass is 16.5. The highest BCUT2D eigenvalue weighted by molar-refractivity contribution is 6.10. The number of pyridine rings is 1. The van der Waals surface area contributed by atoms with Crippen LogP contribution in [0.4, 0.5) is 0 Å². The maximum absolute atomic E-state index is 6.91. The molecule has 6 aromatic rings. The van der Waals surface area contributed by atoms with Crippen LogP contribution in [0.5, 0.6) is 11.5 Å². The predicted octanol–water partition coefficient (Wildman–Crippen LogP) is 11.4. The molecule has 2 aromatic heterocycles. The molecule has 2 aliphatic heterocycles. The second kappa shape index (κ2) is 12.1. The van der Waals surface area contributed by atoms with Gasteiger partial charge in [0.1, 0.15) is 23.5 Å². The molecule has 4 aromatic carbocycles. The molecule has 256 valence electrons. The van der Waals surface area contributed by atoms with Crippen molar-refractivity contribution in [3.8, 4) is 28.4 Å². The molecule has 5 nitrogen and oxygen atoms in total. The standard InChI is InChI=1S/C46H46N4O/c1-28-18-30(3)44(31(4)19-28)34-22-33(41-27-48(9)43-12-10-11-17-49(41)43)23-37(24-34)51-36-13-14-38-39-21-29(2)20-32(5)45(39)50(40(38)26-36)42-25-35(15-16-47-42)46(6,7)8/h10-27,43H,1-9H3. The first-order valence-electron chi connectivity index (χ1n) is 17.9. The summed E-state index contributed by atoms with van der Waals surface area (Å²) in [6, 6.07) is 26.6. The monoisotopic (exact) mass is 670 g/mol. The molecule has 5 heteroatoms. The van der Waals surface area contributed by atoms with Gasteiger partial charge in [-0.05, 0) is 134 Å². The summed E-state index contributed by atoms with van der Waals surface area (Å²) in [5.41, 5.74) is 14.4. The highest BCUT2D eigenvalue weighted by Crippen LogP contribution is 2.41. The van der Waals surface area contributed by atoms with Gasteiger partial charge in [-0.3, -0.25) is 4.57 Å². The lowest BCUT2D eigenvalue weighted by Crippen LogP contribution is -2.33. The van der Waals surface area contributed by atoms with Gasteiger partial charge in [0.25, 0.3) is 0 Å². The minimum atomic E-state index is -0.00288. The summed E-state index contributed by atoms with van der Waals surface area (Å²) < 4.78 is 9.23. The van der Waals surface area contributed by atoms with Gasteiger partial charge in [0, 0.05) is 48.0 Å². The summed E-state index contributed by atoms with van der Waals surface area (Å²) in [5, 5.41) is 2.41. The molecule has 0 radical (unpaired) electrons. The van der Waals surface area contributed by atoms with Gasteiger partial charge in [-0.1, -0.05) is 56.2 Å². The van der Waals surface area contributed by atoms with E-state index in [0.29, 0.717) is 0 Å². The Kier molecular flexibility index (Phi) is 7.71. The van der Waals surface area contributed by atoms with E-state index >= 15 is 0 Å². The van der Waals surface area contributed by atoms with Crippen molar-refractivity contribution in [2.45, 2.75) is 67.0 Å². The summed E-state index contributed by atoms with van der Waals surface area (Å²) in [6.45, 7) is 17.7. The average molecular weight is 671 g/mol. The molecule has 0 N–H and O–H groups in total. The minimum Gasteiger partial charge on any atom is -0.457 e. The zero-order valence-corrected chi connectivity index (χ0v) is 31.2. The normalized spacial score (nSPS) is 15.6. The van der Waals surface area contributed by atoms with E-state index in [9.17, 15) is 0 Å². The van der Waals surface area contributed by atoms with Crippen LogP contribution < -0.4 is 4.74 Å². The van der Waals surface area contributed by atoms with Crippen molar-refractivity contribution in [3.05, 3.63) is 149 Å². The van der Waals surface area contributed by atoms with Crippen LogP contribution in [0.15, 0.2) is 110 Å². The minimum absolute atomic E-state index is 0.00288. The van der Waals surface area contributed by atoms with E-state index in [1.54, 1.807) is 0 Å². The lowest BCUT2D eigenvalue weighted by atomic mass is 9.88. The number of allylic oxidation sites excluding steroid dienone is 2. The maximum Gasteiger partial charge on any atom is 0.137 e. The predicted molar refractivity (Wildman–Crippen MR) is 213 cm³/mol. The van der Waals surface area contributed by atoms with Gasteiger partial charge in [0.05, 0.1) is 16.7 Å². The van der Waals surface area contributed by atoms with E-state index in [-0.39, 0.29) is 11.6 Å². The van der Waals surface area contributed by atoms with Crippen LogP contribution in [0.25, 0.3) is 44.4 Å². The van der Waals surface area contributed by atoms with Crippen LogP contribution in [0, 0.1) is 34.6 Å². The molecular formula is C46H46N4O. The molecule has 0 spiro atoms. The Balaban J connectivity index is 1.30. The fourth-order valence-corrected chi connectivity index (χ4v) is 8.14. The smallest absolute Gasteiger partial charge is 0.137 e. The second-order valence-corrected chi connectivity index (χ2v) is 15.5. The summed E-state index contributed by atoms with van der Waals surface area (Å²) in [6.07, 6.45) is 12.9. The van der Waals surface area contributed by atoms with Gasteiger partial charge < -0.3 is 14.5 Å². The van der Waals surface area contributed by atoms with Crippen LogP contribution in [0.2, 0.25) is 0 Å². The number of benzene rings is 4. The molecule has 1 atom stereocenters. The Labute approximate surface area is 301 Å². The maximum atomic E-state index is 6.91. The third kappa shape index (κ3) is 5.71. The van der Waals surface area contributed by atoms with Gasteiger partial charge in [-0.15, -0.1) is 0 Å². The summed E-state index contributed by atoms with van der Waals surface area (Å²) >= 11 is 0. The Hall–Kier alpha value is -5.55. The van der Waals surface area contributed by atoms with E-state index in [1.807, 2.05) is 6.20 Å². The number of nitrogens with zero attached hydrogens (tertiary/aromatic N) is 4. The molecule has 1 unspecified atom stereocenters. The fraction of sp³-hybridized carbons (Fsp3) is 0.239. The van der Waals surface area contributed by atoms with Crippen molar-refractivity contribution >= 4 is 27.5 Å². The van der Waals surface area contributed by atoms with Crippen LogP contribution >= 0.6 is 0 Å². The summed E-state index contributed by atoms with van der Waals surface area (Å²) in [5.74, 6) is 2.49. The SMILES string of the molecule is Cc1cc(C)c(-c2cc(Oc3ccc4c5cc(C)cc(C)c5n(-c5cc(C(C)(C)C)ccn5)c4c3)cc(C3=CN(C)C4C=CC=CN34)c2)c(C)c1. The van der Waals surface area contributed by atoms with E-state index < -0.39 is 0 Å². The van der Waals surface area contributed by atoms with Crippen molar-refractivity contribution in [1.29, 1.82) is 0 Å². The number of aromatic nitrogens is 2. The largest absolute Gasteiger partial charge is 0.457 e. The van der Waals surface area contributed by atoms with Crippen molar-refractivity contribution in [2.24, 2.45) is 0 Å². The number of ether oxygens (including phenoxy) is 1. The highest BCUT2D eigenvalue weighted by Gasteiger charge is 2.29.